The number of benzene rings is 1. The number of hydrogen-bond donors (Lipinski definition) is 1. The van der Waals surface area contributed by atoms with Crippen LogP contribution in [0, 0.1) is 5.92 Å². The van der Waals surface area contributed by atoms with Crippen LogP contribution in [0.15, 0.2) is 23.1 Å². The van der Waals surface area contributed by atoms with E-state index in [1.807, 2.05) is 11.0 Å². The molecule has 1 fully saturated rings. The fourth-order valence-corrected chi connectivity index (χ4v) is 5.37. The molecule has 0 spiro atoms. The number of carbonyl (C=O) groups is 1. The summed E-state index contributed by atoms with van der Waals surface area (Å²) >= 11 is 0. The van der Waals surface area contributed by atoms with Crippen LogP contribution in [0.1, 0.15) is 30.9 Å². The standard InChI is InChI=1S/C18H27N3O3S/c1-14(22)20-9-6-16-4-5-18(11-17(16)7-10-20)25(23,24)21-8-2-3-15(12-19)13-21/h4-5,11,15H,2-3,6-10,12-13,19H2,1H3. The normalized spacial score (nSPS) is 22.3. The third kappa shape index (κ3) is 3.88. The van der Waals surface area contributed by atoms with Gasteiger partial charge in [0.2, 0.25) is 15.9 Å². The van der Waals surface area contributed by atoms with Gasteiger partial charge in [-0.3, -0.25) is 4.79 Å². The van der Waals surface area contributed by atoms with Crippen molar-refractivity contribution in [3.05, 3.63) is 29.3 Å². The molecule has 2 aliphatic heterocycles. The maximum Gasteiger partial charge on any atom is 0.243 e. The Balaban J connectivity index is 1.83. The molecule has 2 N–H and O–H groups in total. The number of sulfonamides is 1. The maximum absolute atomic E-state index is 13.0. The first-order chi connectivity index (χ1) is 11.9. The topological polar surface area (TPSA) is 83.7 Å². The molecule has 1 aromatic carbocycles. The van der Waals surface area contributed by atoms with Gasteiger partial charge in [-0.05, 0) is 61.4 Å². The van der Waals surface area contributed by atoms with E-state index in [0.29, 0.717) is 44.0 Å². The summed E-state index contributed by atoms with van der Waals surface area (Å²) in [7, 11) is -3.48. The molecule has 2 heterocycles. The summed E-state index contributed by atoms with van der Waals surface area (Å²) in [6, 6.07) is 5.43. The van der Waals surface area contributed by atoms with Crippen LogP contribution in [0.5, 0.6) is 0 Å². The van der Waals surface area contributed by atoms with Crippen molar-refractivity contribution in [1.82, 2.24) is 9.21 Å². The van der Waals surface area contributed by atoms with Crippen LogP contribution < -0.4 is 5.73 Å². The Morgan fingerprint density at radius 2 is 1.92 bits per heavy atom. The quantitative estimate of drug-likeness (QED) is 0.866. The molecule has 1 saturated heterocycles. The highest BCUT2D eigenvalue weighted by Gasteiger charge is 2.30. The molecule has 6 nitrogen and oxygen atoms in total. The van der Waals surface area contributed by atoms with Gasteiger partial charge < -0.3 is 10.6 Å². The molecule has 0 saturated carbocycles. The lowest BCUT2D eigenvalue weighted by molar-refractivity contribution is -0.128. The summed E-state index contributed by atoms with van der Waals surface area (Å²) in [5.74, 6) is 0.315. The molecule has 1 amide bonds. The van der Waals surface area contributed by atoms with E-state index in [0.717, 1.165) is 30.4 Å². The lowest BCUT2D eigenvalue weighted by Crippen LogP contribution is -2.42. The minimum absolute atomic E-state index is 0.0711. The van der Waals surface area contributed by atoms with Crippen LogP contribution in [0.3, 0.4) is 0 Å². The van der Waals surface area contributed by atoms with Gasteiger partial charge in [-0.2, -0.15) is 4.31 Å². The lowest BCUT2D eigenvalue weighted by atomic mass is 10.0. The molecule has 7 heteroatoms. The van der Waals surface area contributed by atoms with E-state index in [9.17, 15) is 13.2 Å². The second-order valence-electron chi connectivity index (χ2n) is 7.04. The predicted molar refractivity (Wildman–Crippen MR) is 96.6 cm³/mol. The summed E-state index contributed by atoms with van der Waals surface area (Å²) < 4.78 is 27.6. The summed E-state index contributed by atoms with van der Waals surface area (Å²) in [4.78, 5) is 13.8. The average molecular weight is 365 g/mol. The first-order valence-corrected chi connectivity index (χ1v) is 10.4. The molecule has 2 aliphatic rings. The smallest absolute Gasteiger partial charge is 0.243 e. The van der Waals surface area contributed by atoms with Gasteiger partial charge in [0.1, 0.15) is 0 Å². The SMILES string of the molecule is CC(=O)N1CCc2ccc(S(=O)(=O)N3CCCC(CN)C3)cc2CC1. The zero-order chi connectivity index (χ0) is 18.0. The predicted octanol–water partition coefficient (Wildman–Crippen LogP) is 0.993. The van der Waals surface area contributed by atoms with Gasteiger partial charge in [-0.1, -0.05) is 6.07 Å². The zero-order valence-electron chi connectivity index (χ0n) is 14.8. The Morgan fingerprint density at radius 1 is 1.20 bits per heavy atom. The third-order valence-electron chi connectivity index (χ3n) is 5.38. The van der Waals surface area contributed by atoms with E-state index in [1.54, 1.807) is 23.4 Å². The van der Waals surface area contributed by atoms with Crippen molar-refractivity contribution in [2.24, 2.45) is 11.7 Å². The number of nitrogens with two attached hydrogens (primary N) is 1. The molecule has 0 radical (unpaired) electrons. The van der Waals surface area contributed by atoms with Gasteiger partial charge in [0, 0.05) is 33.1 Å². The molecule has 3 rings (SSSR count). The van der Waals surface area contributed by atoms with Gasteiger partial charge in [-0.25, -0.2) is 8.42 Å². The molecule has 0 aromatic heterocycles. The van der Waals surface area contributed by atoms with E-state index < -0.39 is 10.0 Å². The van der Waals surface area contributed by atoms with Crippen molar-refractivity contribution in [3.8, 4) is 0 Å². The molecule has 1 atom stereocenters. The minimum Gasteiger partial charge on any atom is -0.342 e. The van der Waals surface area contributed by atoms with Crippen LogP contribution in [0.25, 0.3) is 0 Å². The molecule has 1 aromatic rings. The molecular weight excluding hydrogens is 338 g/mol. The number of fused-ring (bicyclic) bond motifs is 1. The second kappa shape index (κ2) is 7.43. The van der Waals surface area contributed by atoms with Gasteiger partial charge in [0.25, 0.3) is 0 Å². The summed E-state index contributed by atoms with van der Waals surface area (Å²) in [5, 5.41) is 0. The van der Waals surface area contributed by atoms with Gasteiger partial charge in [0.15, 0.2) is 0 Å². The van der Waals surface area contributed by atoms with Gasteiger partial charge in [0.05, 0.1) is 4.90 Å². The van der Waals surface area contributed by atoms with E-state index in [-0.39, 0.29) is 11.8 Å². The maximum atomic E-state index is 13.0. The highest BCUT2D eigenvalue weighted by Crippen LogP contribution is 2.26. The van der Waals surface area contributed by atoms with Gasteiger partial charge >= 0.3 is 0 Å². The molecule has 138 valence electrons. The van der Waals surface area contributed by atoms with Crippen molar-refractivity contribution in [2.45, 2.75) is 37.5 Å². The first-order valence-electron chi connectivity index (χ1n) is 8.99. The van der Waals surface area contributed by atoms with Crippen molar-refractivity contribution < 1.29 is 13.2 Å². The molecule has 1 unspecified atom stereocenters. The fraction of sp³-hybridized carbons (Fsp3) is 0.611. The number of carbonyl (C=O) groups excluding carboxylic acids is 1. The molecule has 0 bridgehead atoms. The van der Waals surface area contributed by atoms with Crippen molar-refractivity contribution in [2.75, 3.05) is 32.7 Å². The first kappa shape index (κ1) is 18.4. The zero-order valence-corrected chi connectivity index (χ0v) is 15.6. The number of piperidine rings is 1. The Bertz CT molecular complexity index is 748. The molecule has 0 aliphatic carbocycles. The van der Waals surface area contributed by atoms with Gasteiger partial charge in [-0.15, -0.1) is 0 Å². The highest BCUT2D eigenvalue weighted by atomic mass is 32.2. The number of rotatable bonds is 3. The Hall–Kier alpha value is -1.44. The summed E-state index contributed by atoms with van der Waals surface area (Å²) in [6.45, 7) is 4.51. The van der Waals surface area contributed by atoms with Crippen LogP contribution in [0.4, 0.5) is 0 Å². The Morgan fingerprint density at radius 3 is 2.60 bits per heavy atom. The van der Waals surface area contributed by atoms with E-state index >= 15 is 0 Å². The lowest BCUT2D eigenvalue weighted by Gasteiger charge is -2.31. The van der Waals surface area contributed by atoms with Crippen LogP contribution in [-0.4, -0.2) is 56.3 Å². The molecule has 25 heavy (non-hydrogen) atoms. The monoisotopic (exact) mass is 365 g/mol. The van der Waals surface area contributed by atoms with Crippen LogP contribution in [0.2, 0.25) is 0 Å². The second-order valence-corrected chi connectivity index (χ2v) is 8.98. The molecular formula is C18H27N3O3S. The fourth-order valence-electron chi connectivity index (χ4n) is 3.76. The van der Waals surface area contributed by atoms with Crippen molar-refractivity contribution >= 4 is 15.9 Å². The Labute approximate surface area is 150 Å². The number of nitrogens with zero attached hydrogens (tertiary/aromatic N) is 2. The van der Waals surface area contributed by atoms with Crippen molar-refractivity contribution in [3.63, 3.8) is 0 Å². The van der Waals surface area contributed by atoms with Crippen molar-refractivity contribution in [1.29, 1.82) is 0 Å². The average Bonchev–Trinajstić information content (AvgIpc) is 2.83. The van der Waals surface area contributed by atoms with Crippen LogP contribution in [-0.2, 0) is 27.7 Å². The highest BCUT2D eigenvalue weighted by molar-refractivity contribution is 7.89. The number of amides is 1. The van der Waals surface area contributed by atoms with E-state index in [4.69, 9.17) is 5.73 Å². The third-order valence-corrected chi connectivity index (χ3v) is 7.24. The van der Waals surface area contributed by atoms with E-state index in [1.165, 1.54) is 0 Å². The minimum atomic E-state index is -3.48. The van der Waals surface area contributed by atoms with Crippen LogP contribution >= 0.6 is 0 Å². The summed E-state index contributed by atoms with van der Waals surface area (Å²) in [5.41, 5.74) is 7.92. The number of hydrogen-bond acceptors (Lipinski definition) is 4. The largest absolute Gasteiger partial charge is 0.342 e. The summed E-state index contributed by atoms with van der Waals surface area (Å²) in [6.07, 6.45) is 3.32. The van der Waals surface area contributed by atoms with E-state index in [2.05, 4.69) is 0 Å². The Kier molecular flexibility index (Phi) is 5.46.